The minimum atomic E-state index is -1.69. The number of carbonyl (C=O) groups is 2. The van der Waals surface area contributed by atoms with Gasteiger partial charge in [-0.25, -0.2) is 17.6 Å². The van der Waals surface area contributed by atoms with Crippen LogP contribution in [-0.2, 0) is 4.79 Å². The summed E-state index contributed by atoms with van der Waals surface area (Å²) >= 11 is 0. The third-order valence-corrected chi connectivity index (χ3v) is 4.18. The summed E-state index contributed by atoms with van der Waals surface area (Å²) in [5, 5.41) is 2.18. The van der Waals surface area contributed by atoms with Crippen LogP contribution < -0.4 is 5.32 Å². The number of nitrogens with zero attached hydrogens (tertiary/aromatic N) is 1. The fourth-order valence-electron chi connectivity index (χ4n) is 2.91. The lowest BCUT2D eigenvalue weighted by Gasteiger charge is -2.24. The van der Waals surface area contributed by atoms with Gasteiger partial charge in [-0.2, -0.15) is 0 Å². The third kappa shape index (κ3) is 3.40. The highest BCUT2D eigenvalue weighted by molar-refractivity contribution is 6.01. The van der Waals surface area contributed by atoms with E-state index in [1.807, 2.05) is 0 Å². The highest BCUT2D eigenvalue weighted by Gasteiger charge is 2.35. The average molecular weight is 366 g/mol. The SMILES string of the molecule is O=C(Nc1ccc(F)c(F)c1F)[C@@H]1CCCN1C(=O)c1cccc(F)c1. The first kappa shape index (κ1) is 17.9. The van der Waals surface area contributed by atoms with Gasteiger partial charge in [0, 0.05) is 12.1 Å². The van der Waals surface area contributed by atoms with Crippen molar-refractivity contribution in [3.8, 4) is 0 Å². The second-order valence-corrected chi connectivity index (χ2v) is 5.88. The van der Waals surface area contributed by atoms with Crippen LogP contribution in [0.15, 0.2) is 36.4 Å². The Morgan fingerprint density at radius 2 is 1.81 bits per heavy atom. The molecule has 0 spiro atoms. The van der Waals surface area contributed by atoms with Crippen molar-refractivity contribution in [1.29, 1.82) is 0 Å². The molecule has 1 aliphatic heterocycles. The van der Waals surface area contributed by atoms with E-state index in [4.69, 9.17) is 0 Å². The van der Waals surface area contributed by atoms with Crippen LogP contribution in [0.25, 0.3) is 0 Å². The molecule has 136 valence electrons. The number of nitrogens with one attached hydrogen (secondary N) is 1. The van der Waals surface area contributed by atoms with Crippen LogP contribution in [0.1, 0.15) is 23.2 Å². The molecule has 2 aromatic carbocycles. The molecule has 1 N–H and O–H groups in total. The van der Waals surface area contributed by atoms with Gasteiger partial charge in [0.2, 0.25) is 5.91 Å². The summed E-state index contributed by atoms with van der Waals surface area (Å²) in [5.74, 6) is -6.42. The van der Waals surface area contributed by atoms with E-state index in [0.717, 1.165) is 12.1 Å². The molecule has 26 heavy (non-hydrogen) atoms. The van der Waals surface area contributed by atoms with Crippen molar-refractivity contribution in [2.75, 3.05) is 11.9 Å². The summed E-state index contributed by atoms with van der Waals surface area (Å²) in [6.07, 6.45) is 0.845. The maximum atomic E-state index is 13.7. The Balaban J connectivity index is 1.79. The van der Waals surface area contributed by atoms with Crippen LogP contribution >= 0.6 is 0 Å². The van der Waals surface area contributed by atoms with Gasteiger partial charge in [0.15, 0.2) is 17.5 Å². The highest BCUT2D eigenvalue weighted by Crippen LogP contribution is 2.24. The van der Waals surface area contributed by atoms with Crippen LogP contribution in [-0.4, -0.2) is 29.3 Å². The second-order valence-electron chi connectivity index (χ2n) is 5.88. The van der Waals surface area contributed by atoms with E-state index in [9.17, 15) is 27.2 Å². The lowest BCUT2D eigenvalue weighted by Crippen LogP contribution is -2.43. The Labute approximate surface area is 146 Å². The topological polar surface area (TPSA) is 49.4 Å². The molecule has 0 radical (unpaired) electrons. The van der Waals surface area contributed by atoms with Crippen LogP contribution in [0.4, 0.5) is 23.2 Å². The van der Waals surface area contributed by atoms with Crippen molar-refractivity contribution in [3.63, 3.8) is 0 Å². The average Bonchev–Trinajstić information content (AvgIpc) is 3.11. The van der Waals surface area contributed by atoms with Crippen LogP contribution in [0.5, 0.6) is 0 Å². The molecule has 2 amide bonds. The molecule has 0 bridgehead atoms. The lowest BCUT2D eigenvalue weighted by atomic mass is 10.1. The number of hydrogen-bond acceptors (Lipinski definition) is 2. The molecule has 1 saturated heterocycles. The number of benzene rings is 2. The quantitative estimate of drug-likeness (QED) is 0.668. The summed E-state index contributed by atoms with van der Waals surface area (Å²) in [4.78, 5) is 26.2. The van der Waals surface area contributed by atoms with Crippen molar-refractivity contribution >= 4 is 17.5 Å². The molecule has 1 atom stereocenters. The number of halogens is 4. The molecule has 1 aliphatic rings. The first-order valence-corrected chi connectivity index (χ1v) is 7.89. The van der Waals surface area contributed by atoms with Gasteiger partial charge < -0.3 is 10.2 Å². The van der Waals surface area contributed by atoms with Crippen molar-refractivity contribution in [2.24, 2.45) is 0 Å². The Bertz CT molecular complexity index is 872. The van der Waals surface area contributed by atoms with Gasteiger partial charge in [-0.15, -0.1) is 0 Å². The van der Waals surface area contributed by atoms with E-state index in [-0.39, 0.29) is 12.1 Å². The van der Waals surface area contributed by atoms with Gasteiger partial charge in [0.05, 0.1) is 5.69 Å². The minimum Gasteiger partial charge on any atom is -0.327 e. The molecule has 1 heterocycles. The van der Waals surface area contributed by atoms with E-state index in [2.05, 4.69) is 5.32 Å². The zero-order valence-electron chi connectivity index (χ0n) is 13.4. The molecule has 0 saturated carbocycles. The summed E-state index contributed by atoms with van der Waals surface area (Å²) < 4.78 is 53.3. The predicted molar refractivity (Wildman–Crippen MR) is 85.4 cm³/mol. The van der Waals surface area contributed by atoms with E-state index in [1.54, 1.807) is 0 Å². The van der Waals surface area contributed by atoms with Gasteiger partial charge in [-0.05, 0) is 43.2 Å². The van der Waals surface area contributed by atoms with Gasteiger partial charge in [-0.3, -0.25) is 9.59 Å². The monoisotopic (exact) mass is 366 g/mol. The number of likely N-dealkylation sites (tertiary alicyclic amines) is 1. The smallest absolute Gasteiger partial charge is 0.254 e. The Morgan fingerprint density at radius 3 is 2.54 bits per heavy atom. The minimum absolute atomic E-state index is 0.0868. The maximum Gasteiger partial charge on any atom is 0.254 e. The first-order valence-electron chi connectivity index (χ1n) is 7.89. The Kier molecular flexibility index (Phi) is 4.92. The number of rotatable bonds is 3. The first-order chi connectivity index (χ1) is 12.4. The molecular weight excluding hydrogens is 352 g/mol. The van der Waals surface area contributed by atoms with Gasteiger partial charge >= 0.3 is 0 Å². The number of hydrogen-bond donors (Lipinski definition) is 1. The molecule has 8 heteroatoms. The zero-order valence-corrected chi connectivity index (χ0v) is 13.4. The Morgan fingerprint density at radius 1 is 1.04 bits per heavy atom. The predicted octanol–water partition coefficient (Wildman–Crippen LogP) is 3.49. The molecule has 0 aliphatic carbocycles. The second kappa shape index (κ2) is 7.15. The number of anilines is 1. The van der Waals surface area contributed by atoms with E-state index >= 15 is 0 Å². The largest absolute Gasteiger partial charge is 0.327 e. The van der Waals surface area contributed by atoms with Crippen molar-refractivity contribution in [1.82, 2.24) is 4.90 Å². The summed E-state index contributed by atoms with van der Waals surface area (Å²) in [5.41, 5.74) is -0.428. The van der Waals surface area contributed by atoms with Gasteiger partial charge in [0.1, 0.15) is 11.9 Å². The molecule has 4 nitrogen and oxygen atoms in total. The third-order valence-electron chi connectivity index (χ3n) is 4.18. The summed E-state index contributed by atoms with van der Waals surface area (Å²) in [7, 11) is 0. The molecule has 0 aromatic heterocycles. The van der Waals surface area contributed by atoms with Gasteiger partial charge in [0.25, 0.3) is 5.91 Å². The lowest BCUT2D eigenvalue weighted by molar-refractivity contribution is -0.119. The standard InChI is InChI=1S/C18H14F4N2O2/c19-11-4-1-3-10(9-11)18(26)24-8-2-5-14(24)17(25)23-13-7-6-12(20)15(21)16(13)22/h1,3-4,6-7,9,14H,2,5,8H2,(H,23,25)/t14-/m0/s1. The fourth-order valence-corrected chi connectivity index (χ4v) is 2.91. The summed E-state index contributed by atoms with van der Waals surface area (Å²) in [6.45, 7) is 0.272. The number of carbonyl (C=O) groups excluding carboxylic acids is 2. The van der Waals surface area contributed by atoms with Crippen LogP contribution in [0.3, 0.4) is 0 Å². The highest BCUT2D eigenvalue weighted by atomic mass is 19.2. The van der Waals surface area contributed by atoms with Crippen molar-refractivity contribution in [2.45, 2.75) is 18.9 Å². The molecule has 1 fully saturated rings. The maximum absolute atomic E-state index is 13.7. The van der Waals surface area contributed by atoms with Gasteiger partial charge in [-0.1, -0.05) is 6.07 Å². The van der Waals surface area contributed by atoms with Crippen LogP contribution in [0, 0.1) is 23.3 Å². The molecular formula is C18H14F4N2O2. The van der Waals surface area contributed by atoms with E-state index < -0.39 is 46.8 Å². The fraction of sp³-hybridized carbons (Fsp3) is 0.222. The van der Waals surface area contributed by atoms with Crippen molar-refractivity contribution in [3.05, 3.63) is 65.2 Å². The Hall–Kier alpha value is -2.90. The number of amides is 2. The van der Waals surface area contributed by atoms with E-state index in [0.29, 0.717) is 18.9 Å². The summed E-state index contributed by atoms with van der Waals surface area (Å²) in [6, 6.07) is 5.73. The normalized spacial score (nSPS) is 16.6. The van der Waals surface area contributed by atoms with Crippen LogP contribution in [0.2, 0.25) is 0 Å². The van der Waals surface area contributed by atoms with E-state index in [1.165, 1.54) is 23.1 Å². The molecule has 3 rings (SSSR count). The molecule has 2 aromatic rings. The zero-order chi connectivity index (χ0) is 18.8. The van der Waals surface area contributed by atoms with Crippen molar-refractivity contribution < 1.29 is 27.2 Å². The molecule has 0 unspecified atom stereocenters.